The summed E-state index contributed by atoms with van der Waals surface area (Å²) in [5.41, 5.74) is 4.58. The second kappa shape index (κ2) is 3.76. The number of thiophene rings is 1. The summed E-state index contributed by atoms with van der Waals surface area (Å²) in [5, 5.41) is 2.16. The minimum absolute atomic E-state index is 1.12. The van der Waals surface area contributed by atoms with Crippen LogP contribution in [0.5, 0.6) is 0 Å². The Morgan fingerprint density at radius 3 is 3.07 bits per heavy atom. The lowest BCUT2D eigenvalue weighted by Crippen LogP contribution is -1.91. The molecule has 0 unspecified atom stereocenters. The van der Waals surface area contributed by atoms with Gasteiger partial charge in [-0.05, 0) is 58.0 Å². The third-order valence-corrected chi connectivity index (χ3v) is 4.68. The lowest BCUT2D eigenvalue weighted by atomic mass is 9.95. The van der Waals surface area contributed by atoms with Gasteiger partial charge in [0.25, 0.3) is 0 Å². The predicted octanol–water partition coefficient (Wildman–Crippen LogP) is 4.94. The van der Waals surface area contributed by atoms with Crippen LogP contribution in [0.15, 0.2) is 45.3 Å². The van der Waals surface area contributed by atoms with E-state index in [0.29, 0.717) is 0 Å². The lowest BCUT2D eigenvalue weighted by Gasteiger charge is -2.11. The van der Waals surface area contributed by atoms with Crippen molar-refractivity contribution in [2.45, 2.75) is 19.3 Å². The van der Waals surface area contributed by atoms with Crippen LogP contribution in [0.1, 0.15) is 24.1 Å². The van der Waals surface area contributed by atoms with E-state index in [2.05, 4.69) is 45.6 Å². The Balaban J connectivity index is 2.02. The molecule has 0 saturated heterocycles. The van der Waals surface area contributed by atoms with Gasteiger partial charge in [0.1, 0.15) is 0 Å². The van der Waals surface area contributed by atoms with Gasteiger partial charge in [-0.15, -0.1) is 11.3 Å². The molecule has 1 aromatic heterocycles. The van der Waals surface area contributed by atoms with Gasteiger partial charge in [0, 0.05) is 14.7 Å². The monoisotopic (exact) mass is 278 g/mol. The van der Waals surface area contributed by atoms with Crippen molar-refractivity contribution in [1.29, 1.82) is 0 Å². The van der Waals surface area contributed by atoms with Crippen molar-refractivity contribution in [2.75, 3.05) is 0 Å². The summed E-state index contributed by atoms with van der Waals surface area (Å²) in [6.07, 6.45) is 10.5. The van der Waals surface area contributed by atoms with Crippen molar-refractivity contribution in [2.24, 2.45) is 0 Å². The summed E-state index contributed by atoms with van der Waals surface area (Å²) in [6, 6.07) is 2.23. The molecule has 0 fully saturated rings. The van der Waals surface area contributed by atoms with Crippen molar-refractivity contribution in [3.05, 3.63) is 50.2 Å². The van der Waals surface area contributed by atoms with Crippen molar-refractivity contribution in [3.8, 4) is 0 Å². The molecule has 0 aliphatic heterocycles. The predicted molar refractivity (Wildman–Crippen MR) is 70.0 cm³/mol. The Bertz CT molecular complexity index is 488. The van der Waals surface area contributed by atoms with Gasteiger partial charge in [-0.2, -0.15) is 0 Å². The van der Waals surface area contributed by atoms with E-state index in [1.54, 1.807) is 5.57 Å². The van der Waals surface area contributed by atoms with Gasteiger partial charge < -0.3 is 0 Å². The molecule has 0 spiro atoms. The van der Waals surface area contributed by atoms with Gasteiger partial charge in [-0.3, -0.25) is 0 Å². The molecule has 76 valence electrons. The zero-order valence-corrected chi connectivity index (χ0v) is 10.7. The molecular formula is C13H11BrS. The summed E-state index contributed by atoms with van der Waals surface area (Å²) in [6.45, 7) is 0. The Hall–Kier alpha value is -0.600. The van der Waals surface area contributed by atoms with E-state index in [1.807, 2.05) is 11.3 Å². The smallest absolute Gasteiger partial charge is 0.0354 e. The van der Waals surface area contributed by atoms with Crippen LogP contribution >= 0.6 is 27.3 Å². The molecule has 0 radical (unpaired) electrons. The fraction of sp³-hybridized carbons (Fsp3) is 0.231. The van der Waals surface area contributed by atoms with E-state index >= 15 is 0 Å². The van der Waals surface area contributed by atoms with E-state index < -0.39 is 0 Å². The van der Waals surface area contributed by atoms with Crippen LogP contribution in [0.4, 0.5) is 0 Å². The minimum atomic E-state index is 1.12. The number of allylic oxidation sites excluding steroid dienone is 6. The van der Waals surface area contributed by atoms with Crippen LogP contribution in [-0.4, -0.2) is 0 Å². The van der Waals surface area contributed by atoms with Gasteiger partial charge in [0.05, 0.1) is 0 Å². The second-order valence-corrected chi connectivity index (χ2v) is 5.72. The number of hydrogen-bond donors (Lipinski definition) is 0. The molecule has 0 amide bonds. The minimum Gasteiger partial charge on any atom is -0.143 e. The van der Waals surface area contributed by atoms with E-state index in [4.69, 9.17) is 0 Å². The molecular weight excluding hydrogens is 268 g/mol. The molecule has 2 aliphatic rings. The molecule has 2 heteroatoms. The Morgan fingerprint density at radius 1 is 1.33 bits per heavy atom. The standard InChI is InChI=1S/C13H11BrS/c14-10-7-13(15-8-10)12-6-5-9-3-1-2-4-11(9)12/h1,3,6-8H,2,4-5H2. The first-order valence-corrected chi connectivity index (χ1v) is 6.85. The Kier molecular flexibility index (Phi) is 2.41. The molecule has 0 saturated carbocycles. The van der Waals surface area contributed by atoms with Crippen LogP contribution < -0.4 is 0 Å². The van der Waals surface area contributed by atoms with Crippen LogP contribution in [0.25, 0.3) is 5.57 Å². The first-order chi connectivity index (χ1) is 7.34. The van der Waals surface area contributed by atoms with Crippen LogP contribution in [0, 0.1) is 0 Å². The molecule has 0 nitrogen and oxygen atoms in total. The highest BCUT2D eigenvalue weighted by Crippen LogP contribution is 2.41. The van der Waals surface area contributed by atoms with E-state index in [-0.39, 0.29) is 0 Å². The van der Waals surface area contributed by atoms with Crippen molar-refractivity contribution < 1.29 is 0 Å². The van der Waals surface area contributed by atoms with E-state index in [0.717, 1.165) is 6.42 Å². The van der Waals surface area contributed by atoms with Gasteiger partial charge in [-0.1, -0.05) is 18.2 Å². The quantitative estimate of drug-likeness (QED) is 0.682. The van der Waals surface area contributed by atoms with Gasteiger partial charge in [0.2, 0.25) is 0 Å². The molecule has 1 heterocycles. The highest BCUT2D eigenvalue weighted by atomic mass is 79.9. The van der Waals surface area contributed by atoms with Crippen LogP contribution in [0.3, 0.4) is 0 Å². The maximum absolute atomic E-state index is 3.52. The molecule has 1 aromatic rings. The van der Waals surface area contributed by atoms with Gasteiger partial charge in [-0.25, -0.2) is 0 Å². The van der Waals surface area contributed by atoms with Crippen molar-refractivity contribution >= 4 is 32.8 Å². The van der Waals surface area contributed by atoms with Gasteiger partial charge in [0.15, 0.2) is 0 Å². The average Bonchev–Trinajstić information content (AvgIpc) is 2.83. The van der Waals surface area contributed by atoms with Crippen molar-refractivity contribution in [3.63, 3.8) is 0 Å². The summed E-state index contributed by atoms with van der Waals surface area (Å²) in [7, 11) is 0. The second-order valence-electron chi connectivity index (χ2n) is 3.90. The van der Waals surface area contributed by atoms with E-state index in [9.17, 15) is 0 Å². The molecule has 0 bridgehead atoms. The first-order valence-electron chi connectivity index (χ1n) is 5.18. The molecule has 2 aliphatic carbocycles. The summed E-state index contributed by atoms with van der Waals surface area (Å²) in [5.74, 6) is 0. The molecule has 0 N–H and O–H groups in total. The number of halogens is 1. The van der Waals surface area contributed by atoms with Crippen LogP contribution in [-0.2, 0) is 0 Å². The molecule has 0 atom stereocenters. The topological polar surface area (TPSA) is 0 Å². The largest absolute Gasteiger partial charge is 0.143 e. The highest BCUT2D eigenvalue weighted by molar-refractivity contribution is 9.10. The maximum Gasteiger partial charge on any atom is 0.0354 e. The Labute approximate surface area is 102 Å². The zero-order valence-electron chi connectivity index (χ0n) is 8.29. The van der Waals surface area contributed by atoms with Crippen LogP contribution in [0.2, 0.25) is 0 Å². The fourth-order valence-corrected chi connectivity index (χ4v) is 3.75. The fourth-order valence-electron chi connectivity index (χ4n) is 2.25. The zero-order chi connectivity index (χ0) is 10.3. The van der Waals surface area contributed by atoms with Crippen molar-refractivity contribution in [1.82, 2.24) is 0 Å². The Morgan fingerprint density at radius 2 is 2.27 bits per heavy atom. The van der Waals surface area contributed by atoms with E-state index in [1.165, 1.54) is 33.3 Å². The number of rotatable bonds is 1. The molecule has 3 rings (SSSR count). The first kappa shape index (κ1) is 9.61. The molecule has 15 heavy (non-hydrogen) atoms. The molecule has 0 aromatic carbocycles. The summed E-state index contributed by atoms with van der Waals surface area (Å²) >= 11 is 5.35. The SMILES string of the molecule is Brc1csc(C2=CCC3=C2CCC=C3)c1. The summed E-state index contributed by atoms with van der Waals surface area (Å²) in [4.78, 5) is 1.40. The van der Waals surface area contributed by atoms with Gasteiger partial charge >= 0.3 is 0 Å². The maximum atomic E-state index is 3.52. The highest BCUT2D eigenvalue weighted by Gasteiger charge is 2.19. The summed E-state index contributed by atoms with van der Waals surface area (Å²) < 4.78 is 1.20. The number of hydrogen-bond acceptors (Lipinski definition) is 1. The third kappa shape index (κ3) is 1.66. The third-order valence-electron chi connectivity index (χ3n) is 2.95. The average molecular weight is 279 g/mol. The normalized spacial score (nSPS) is 19.4. The lowest BCUT2D eigenvalue weighted by molar-refractivity contribution is 0.977.